The van der Waals surface area contributed by atoms with E-state index in [9.17, 15) is 18.3 Å². The highest BCUT2D eigenvalue weighted by Crippen LogP contribution is 2.40. The van der Waals surface area contributed by atoms with Crippen molar-refractivity contribution < 1.29 is 18.3 Å². The van der Waals surface area contributed by atoms with Gasteiger partial charge in [0.05, 0.1) is 10.6 Å². The van der Waals surface area contributed by atoms with Crippen LogP contribution in [0.25, 0.3) is 10.8 Å². The Morgan fingerprint density at radius 2 is 1.64 bits per heavy atom. The van der Waals surface area contributed by atoms with Crippen molar-refractivity contribution in [1.29, 1.82) is 0 Å². The summed E-state index contributed by atoms with van der Waals surface area (Å²) in [6.07, 6.45) is 0. The number of fused-ring (bicyclic) bond motifs is 1. The first kappa shape index (κ1) is 22.4. The summed E-state index contributed by atoms with van der Waals surface area (Å²) in [5.74, 6) is -0.890. The molecule has 0 fully saturated rings. The second kappa shape index (κ2) is 9.01. The Hall–Kier alpha value is -3.75. The quantitative estimate of drug-likeness (QED) is 0.261. The van der Waals surface area contributed by atoms with Crippen LogP contribution < -0.4 is 4.72 Å². The molecule has 0 aliphatic carbocycles. The van der Waals surface area contributed by atoms with Crippen LogP contribution in [0, 0.1) is 6.92 Å². The van der Waals surface area contributed by atoms with Gasteiger partial charge in [0.1, 0.15) is 5.69 Å². The van der Waals surface area contributed by atoms with E-state index in [0.717, 1.165) is 5.56 Å². The number of phenols is 1. The van der Waals surface area contributed by atoms with E-state index in [0.29, 0.717) is 15.8 Å². The van der Waals surface area contributed by atoms with Crippen LogP contribution in [0.5, 0.6) is 5.75 Å². The van der Waals surface area contributed by atoms with Crippen molar-refractivity contribution in [3.8, 4) is 5.75 Å². The van der Waals surface area contributed by atoms with Crippen LogP contribution in [0.2, 0.25) is 5.02 Å². The molecule has 0 saturated carbocycles. The topological polar surface area (TPSA) is 108 Å². The van der Waals surface area contributed by atoms with Gasteiger partial charge in [0.25, 0.3) is 15.9 Å². The monoisotopic (exact) mass is 479 g/mol. The third-order valence-electron chi connectivity index (χ3n) is 4.89. The summed E-state index contributed by atoms with van der Waals surface area (Å²) in [4.78, 5) is 12.4. The number of benzene rings is 4. The van der Waals surface area contributed by atoms with Gasteiger partial charge in [0, 0.05) is 21.4 Å². The minimum Gasteiger partial charge on any atom is -0.505 e. The SMILES string of the molecule is Cc1ccc(S(=O)(=O)Nc2cc(N=NC(=O)c3cccc(Cl)c3)c(O)c3ccccc23)cc1. The first-order chi connectivity index (χ1) is 15.7. The summed E-state index contributed by atoms with van der Waals surface area (Å²) in [5, 5.41) is 19.4. The Balaban J connectivity index is 1.75. The number of amides is 1. The molecule has 0 radical (unpaired) electrons. The maximum absolute atomic E-state index is 12.9. The molecule has 0 atom stereocenters. The standard InChI is InChI=1S/C24H18ClN3O4S/c1-15-9-11-18(12-10-15)33(31,32)28-21-14-22(23(29)20-8-3-2-7-19(20)21)26-27-24(30)16-5-4-6-17(25)13-16/h2-14,28-29H,1H3. The first-order valence-corrected chi connectivity index (χ1v) is 11.7. The Morgan fingerprint density at radius 3 is 2.33 bits per heavy atom. The van der Waals surface area contributed by atoms with Crippen molar-refractivity contribution in [1.82, 2.24) is 0 Å². The van der Waals surface area contributed by atoms with Gasteiger partial charge < -0.3 is 5.11 Å². The summed E-state index contributed by atoms with van der Waals surface area (Å²) in [7, 11) is -3.92. The fourth-order valence-corrected chi connectivity index (χ4v) is 4.47. The van der Waals surface area contributed by atoms with E-state index in [1.165, 1.54) is 30.3 Å². The molecule has 7 nitrogen and oxygen atoms in total. The molecule has 1 amide bonds. The van der Waals surface area contributed by atoms with E-state index in [1.54, 1.807) is 48.5 Å². The highest BCUT2D eigenvalue weighted by molar-refractivity contribution is 7.92. The minimum absolute atomic E-state index is 0.0642. The van der Waals surface area contributed by atoms with Gasteiger partial charge in [0.2, 0.25) is 0 Å². The van der Waals surface area contributed by atoms with E-state index in [4.69, 9.17) is 11.6 Å². The molecule has 0 unspecified atom stereocenters. The van der Waals surface area contributed by atoms with Crippen LogP contribution in [-0.4, -0.2) is 19.4 Å². The molecule has 0 bridgehead atoms. The molecule has 0 aromatic heterocycles. The van der Waals surface area contributed by atoms with E-state index in [-0.39, 0.29) is 27.6 Å². The van der Waals surface area contributed by atoms with Crippen molar-refractivity contribution in [3.05, 3.63) is 95.0 Å². The van der Waals surface area contributed by atoms with Crippen molar-refractivity contribution >= 4 is 49.7 Å². The molecule has 166 valence electrons. The maximum atomic E-state index is 12.9. The van der Waals surface area contributed by atoms with Gasteiger partial charge in [-0.2, -0.15) is 0 Å². The van der Waals surface area contributed by atoms with Gasteiger partial charge in [0.15, 0.2) is 5.75 Å². The number of rotatable bonds is 5. The third-order valence-corrected chi connectivity index (χ3v) is 6.51. The zero-order valence-corrected chi connectivity index (χ0v) is 18.9. The van der Waals surface area contributed by atoms with Crippen LogP contribution in [0.3, 0.4) is 0 Å². The number of carbonyl (C=O) groups excluding carboxylic acids is 1. The van der Waals surface area contributed by atoms with Crippen molar-refractivity contribution in [2.24, 2.45) is 10.2 Å². The lowest BCUT2D eigenvalue weighted by Gasteiger charge is -2.13. The van der Waals surface area contributed by atoms with Crippen molar-refractivity contribution in [2.45, 2.75) is 11.8 Å². The minimum atomic E-state index is -3.92. The number of halogens is 1. The number of sulfonamides is 1. The predicted octanol–water partition coefficient (Wildman–Crippen LogP) is 6.23. The normalized spacial score (nSPS) is 11.7. The van der Waals surface area contributed by atoms with Crippen molar-refractivity contribution in [3.63, 3.8) is 0 Å². The number of hydrogen-bond acceptors (Lipinski definition) is 5. The predicted molar refractivity (Wildman–Crippen MR) is 128 cm³/mol. The fourth-order valence-electron chi connectivity index (χ4n) is 3.21. The summed E-state index contributed by atoms with van der Waals surface area (Å²) in [6.45, 7) is 1.86. The maximum Gasteiger partial charge on any atom is 0.295 e. The first-order valence-electron chi connectivity index (χ1n) is 9.80. The molecular weight excluding hydrogens is 462 g/mol. The summed E-state index contributed by atoms with van der Waals surface area (Å²) in [6, 6.07) is 20.6. The molecule has 2 N–H and O–H groups in total. The molecule has 4 aromatic carbocycles. The molecule has 0 spiro atoms. The summed E-state index contributed by atoms with van der Waals surface area (Å²) >= 11 is 5.91. The van der Waals surface area contributed by atoms with E-state index < -0.39 is 15.9 Å². The Bertz CT molecular complexity index is 1500. The van der Waals surface area contributed by atoms with Gasteiger partial charge in [-0.15, -0.1) is 10.2 Å². The number of aryl methyl sites for hydroxylation is 1. The molecule has 0 saturated heterocycles. The number of azo groups is 1. The Kier molecular flexibility index (Phi) is 6.13. The largest absolute Gasteiger partial charge is 0.505 e. The van der Waals surface area contributed by atoms with E-state index >= 15 is 0 Å². The average Bonchev–Trinajstić information content (AvgIpc) is 2.80. The van der Waals surface area contributed by atoms with Crippen molar-refractivity contribution in [2.75, 3.05) is 4.72 Å². The number of nitrogens with one attached hydrogen (secondary N) is 1. The van der Waals surface area contributed by atoms with Gasteiger partial charge in [-0.3, -0.25) is 9.52 Å². The number of hydrogen-bond donors (Lipinski definition) is 2. The van der Waals surface area contributed by atoms with Crippen LogP contribution in [0.4, 0.5) is 11.4 Å². The number of phenolic OH excluding ortho intramolecular Hbond substituents is 1. The van der Waals surface area contributed by atoms with Crippen LogP contribution in [-0.2, 0) is 10.0 Å². The molecule has 0 aliphatic heterocycles. The van der Waals surface area contributed by atoms with E-state index in [1.807, 2.05) is 6.92 Å². The molecule has 33 heavy (non-hydrogen) atoms. The number of carbonyl (C=O) groups is 1. The smallest absolute Gasteiger partial charge is 0.295 e. The fraction of sp³-hybridized carbons (Fsp3) is 0.0417. The second-order valence-electron chi connectivity index (χ2n) is 7.27. The summed E-state index contributed by atoms with van der Waals surface area (Å²) < 4.78 is 28.4. The zero-order chi connectivity index (χ0) is 23.6. The lowest BCUT2D eigenvalue weighted by molar-refractivity contribution is 0.0995. The lowest BCUT2D eigenvalue weighted by Crippen LogP contribution is -2.13. The van der Waals surface area contributed by atoms with E-state index in [2.05, 4.69) is 15.0 Å². The third kappa shape index (κ3) is 4.87. The Morgan fingerprint density at radius 1 is 0.939 bits per heavy atom. The zero-order valence-electron chi connectivity index (χ0n) is 17.4. The second-order valence-corrected chi connectivity index (χ2v) is 9.39. The van der Waals surface area contributed by atoms with Gasteiger partial charge in [-0.05, 0) is 43.3 Å². The van der Waals surface area contributed by atoms with Gasteiger partial charge >= 0.3 is 0 Å². The molecule has 4 rings (SSSR count). The van der Waals surface area contributed by atoms with Crippen LogP contribution in [0.15, 0.2) is 94.0 Å². The highest BCUT2D eigenvalue weighted by atomic mass is 35.5. The summed E-state index contributed by atoms with van der Waals surface area (Å²) in [5.41, 5.74) is 1.28. The molecule has 0 heterocycles. The van der Waals surface area contributed by atoms with Crippen LogP contribution >= 0.6 is 11.6 Å². The number of nitrogens with zero attached hydrogens (tertiary/aromatic N) is 2. The number of aromatic hydroxyl groups is 1. The molecular formula is C24H18ClN3O4S. The molecule has 4 aromatic rings. The highest BCUT2D eigenvalue weighted by Gasteiger charge is 2.18. The lowest BCUT2D eigenvalue weighted by atomic mass is 10.1. The number of anilines is 1. The molecule has 0 aliphatic rings. The van der Waals surface area contributed by atoms with Gasteiger partial charge in [-0.1, -0.05) is 59.6 Å². The average molecular weight is 480 g/mol. The van der Waals surface area contributed by atoms with Crippen LogP contribution in [0.1, 0.15) is 15.9 Å². The Labute approximate surface area is 195 Å². The molecule has 9 heteroatoms. The van der Waals surface area contributed by atoms with Gasteiger partial charge in [-0.25, -0.2) is 8.42 Å².